The van der Waals surface area contributed by atoms with Gasteiger partial charge >= 0.3 is 132 Å². The zero-order valence-electron chi connectivity index (χ0n) is 14.2. The Bertz CT molecular complexity index is 241. The van der Waals surface area contributed by atoms with Crippen molar-refractivity contribution in [1.29, 1.82) is 0 Å². The molecule has 122 valence electrons. The van der Waals surface area contributed by atoms with Gasteiger partial charge in [-0.05, 0) is 0 Å². The van der Waals surface area contributed by atoms with E-state index in [-0.39, 0.29) is 0 Å². The summed E-state index contributed by atoms with van der Waals surface area (Å²) in [7, 11) is 0. The van der Waals surface area contributed by atoms with Crippen molar-refractivity contribution in [3.05, 3.63) is 12.3 Å². The number of rotatable bonds is 13. The molecule has 0 bridgehead atoms. The van der Waals surface area contributed by atoms with Gasteiger partial charge in [-0.1, -0.05) is 0 Å². The van der Waals surface area contributed by atoms with E-state index in [1.165, 1.54) is 57.0 Å². The van der Waals surface area contributed by atoms with Gasteiger partial charge in [0.05, 0.1) is 0 Å². The molecule has 0 amide bonds. The maximum atomic E-state index is 7.44. The molecule has 3 heteroatoms. The molecule has 0 radical (unpaired) electrons. The Labute approximate surface area is 132 Å². The third-order valence-corrected chi connectivity index (χ3v) is 11.8. The first-order chi connectivity index (χ1) is 9.54. The third kappa shape index (κ3) is 7.89. The summed E-state index contributed by atoms with van der Waals surface area (Å²) in [6.45, 7) is 9.60. The monoisotopic (exact) mass is 322 g/mol. The van der Waals surface area contributed by atoms with Gasteiger partial charge in [0.15, 0.2) is 0 Å². The Hall–Kier alpha value is 0.260. The summed E-state index contributed by atoms with van der Waals surface area (Å²) >= 11 is 7.44. The second-order valence-corrected chi connectivity index (χ2v) is 14.4. The molecule has 0 unspecified atom stereocenters. The second-order valence-electron chi connectivity index (χ2n) is 6.12. The molecule has 0 atom stereocenters. The van der Waals surface area contributed by atoms with E-state index in [0.717, 1.165) is 12.8 Å². The molecule has 0 saturated heterocycles. The summed E-state index contributed by atoms with van der Waals surface area (Å²) < 4.78 is 5.61. The molecule has 0 aliphatic rings. The topological polar surface area (TPSA) is 9.23 Å². The first-order valence-electron chi connectivity index (χ1n) is 8.49. The van der Waals surface area contributed by atoms with Crippen LogP contribution in [0.5, 0.6) is 0 Å². The summed E-state index contributed by atoms with van der Waals surface area (Å²) in [5.41, 5.74) is 0. The van der Waals surface area contributed by atoms with Crippen molar-refractivity contribution in [1.82, 2.24) is 0 Å². The zero-order valence-corrected chi connectivity index (χ0v) is 15.8. The van der Waals surface area contributed by atoms with Crippen molar-refractivity contribution in [3.8, 4) is 0 Å². The van der Waals surface area contributed by atoms with E-state index in [4.69, 9.17) is 16.0 Å². The normalized spacial score (nSPS) is 14.3. The fourth-order valence-corrected chi connectivity index (χ4v) is 9.28. The second kappa shape index (κ2) is 10.9. The first-order valence-corrected chi connectivity index (χ1v) is 12.4. The fourth-order valence-electron chi connectivity index (χ4n) is 2.78. The number of hydrogen-bond acceptors (Lipinski definition) is 1. The van der Waals surface area contributed by atoms with Crippen LogP contribution in [0, 0.1) is 0 Å². The molecule has 0 fully saturated rings. The van der Waals surface area contributed by atoms with Crippen LogP contribution in [-0.4, -0.2) is 31.3 Å². The van der Waals surface area contributed by atoms with E-state index in [0.29, 0.717) is 0 Å². The summed E-state index contributed by atoms with van der Waals surface area (Å²) in [6.07, 6.45) is 16.2. The quantitative estimate of drug-likeness (QED) is 0.210. The summed E-state index contributed by atoms with van der Waals surface area (Å²) in [4.78, 5) is 0. The summed E-state index contributed by atoms with van der Waals surface area (Å²) in [6, 6.07) is 0. The van der Waals surface area contributed by atoms with Crippen LogP contribution in [0.1, 0.15) is 66.2 Å². The standard InChI is InChI=1S/C17H36ClOP/c1-5-9-14-20(18,15-10-6-2,16-11-7-3)17-13-19-12-8-4/h8,12H,5-7,9-11,13-17H2,1-4H3. The Morgan fingerprint density at radius 3 is 1.65 bits per heavy atom. The van der Waals surface area contributed by atoms with Crippen molar-refractivity contribution in [2.45, 2.75) is 66.2 Å². The van der Waals surface area contributed by atoms with Gasteiger partial charge in [0.2, 0.25) is 0 Å². The van der Waals surface area contributed by atoms with Gasteiger partial charge in [-0.25, -0.2) is 0 Å². The van der Waals surface area contributed by atoms with Crippen molar-refractivity contribution in [2.75, 3.05) is 31.3 Å². The van der Waals surface area contributed by atoms with Crippen LogP contribution >= 0.6 is 17.2 Å². The van der Waals surface area contributed by atoms with Gasteiger partial charge in [-0.3, -0.25) is 0 Å². The molecule has 0 aliphatic heterocycles. The van der Waals surface area contributed by atoms with Gasteiger partial charge in [-0.2, -0.15) is 0 Å². The fraction of sp³-hybridized carbons (Fsp3) is 0.882. The number of hydrogen-bond donors (Lipinski definition) is 0. The molecular weight excluding hydrogens is 287 g/mol. The molecule has 0 aromatic rings. The Morgan fingerprint density at radius 2 is 1.30 bits per heavy atom. The predicted octanol–water partition coefficient (Wildman–Crippen LogP) is 6.64. The van der Waals surface area contributed by atoms with Gasteiger partial charge in [-0.15, -0.1) is 0 Å². The van der Waals surface area contributed by atoms with Crippen molar-refractivity contribution in [3.63, 3.8) is 0 Å². The Kier molecular flexibility index (Phi) is 11.1. The van der Waals surface area contributed by atoms with E-state index >= 15 is 0 Å². The van der Waals surface area contributed by atoms with Crippen LogP contribution in [0.4, 0.5) is 0 Å². The van der Waals surface area contributed by atoms with Crippen LogP contribution in [0.3, 0.4) is 0 Å². The van der Waals surface area contributed by atoms with Crippen LogP contribution in [-0.2, 0) is 4.74 Å². The molecule has 0 aliphatic carbocycles. The molecule has 0 spiro atoms. The Balaban J connectivity index is 4.86. The van der Waals surface area contributed by atoms with Crippen molar-refractivity contribution >= 4 is 17.2 Å². The first kappa shape index (κ1) is 20.3. The molecule has 0 N–H and O–H groups in total. The molecule has 0 saturated carbocycles. The van der Waals surface area contributed by atoms with Gasteiger partial charge in [0.25, 0.3) is 0 Å². The molecule has 0 aromatic carbocycles. The molecule has 20 heavy (non-hydrogen) atoms. The van der Waals surface area contributed by atoms with Crippen molar-refractivity contribution < 1.29 is 4.74 Å². The maximum absolute atomic E-state index is 7.44. The van der Waals surface area contributed by atoms with Gasteiger partial charge in [0.1, 0.15) is 0 Å². The summed E-state index contributed by atoms with van der Waals surface area (Å²) in [5, 5.41) is 0. The van der Waals surface area contributed by atoms with E-state index in [2.05, 4.69) is 20.8 Å². The minimum absolute atomic E-state index is 0.794. The van der Waals surface area contributed by atoms with E-state index in [1.807, 2.05) is 13.0 Å². The van der Waals surface area contributed by atoms with Crippen LogP contribution in [0.2, 0.25) is 0 Å². The molecule has 1 nitrogen and oxygen atoms in total. The number of allylic oxidation sites excluding steroid dienone is 1. The SMILES string of the molecule is CC=COCCP(Cl)(CCCC)(CCCC)CCCC. The van der Waals surface area contributed by atoms with Crippen LogP contribution < -0.4 is 0 Å². The average Bonchev–Trinajstić information content (AvgIpc) is 2.47. The number of unbranched alkanes of at least 4 members (excludes halogenated alkanes) is 3. The van der Waals surface area contributed by atoms with E-state index < -0.39 is 5.96 Å². The number of halogens is 1. The minimum atomic E-state index is -2.08. The Morgan fingerprint density at radius 1 is 0.850 bits per heavy atom. The molecular formula is C17H36ClOP. The average molecular weight is 323 g/mol. The molecule has 0 heterocycles. The van der Waals surface area contributed by atoms with Crippen LogP contribution in [0.25, 0.3) is 0 Å². The van der Waals surface area contributed by atoms with Crippen LogP contribution in [0.15, 0.2) is 12.3 Å². The van der Waals surface area contributed by atoms with Gasteiger partial charge < -0.3 is 0 Å². The summed E-state index contributed by atoms with van der Waals surface area (Å²) in [5.74, 6) is -2.08. The van der Waals surface area contributed by atoms with E-state index in [9.17, 15) is 0 Å². The predicted molar refractivity (Wildman–Crippen MR) is 97.7 cm³/mol. The third-order valence-electron chi connectivity index (χ3n) is 4.21. The molecule has 0 aromatic heterocycles. The zero-order chi connectivity index (χ0) is 15.3. The number of ether oxygens (including phenoxy) is 1. The van der Waals surface area contributed by atoms with E-state index in [1.54, 1.807) is 6.26 Å². The van der Waals surface area contributed by atoms with Gasteiger partial charge in [0, 0.05) is 0 Å². The van der Waals surface area contributed by atoms with Crippen molar-refractivity contribution in [2.24, 2.45) is 0 Å². The molecule has 0 rings (SSSR count).